The van der Waals surface area contributed by atoms with E-state index in [2.05, 4.69) is 12.2 Å². The molecule has 0 saturated carbocycles. The molecule has 0 aromatic rings. The lowest BCUT2D eigenvalue weighted by molar-refractivity contribution is -0.150. The van der Waals surface area contributed by atoms with Crippen LogP contribution in [-0.4, -0.2) is 61.4 Å². The molecule has 2 saturated heterocycles. The Kier molecular flexibility index (Phi) is 4.68. The summed E-state index contributed by atoms with van der Waals surface area (Å²) in [6.07, 6.45) is 4.39. The van der Waals surface area contributed by atoms with Crippen LogP contribution in [0.25, 0.3) is 0 Å². The normalized spacial score (nSPS) is 25.6. The van der Waals surface area contributed by atoms with Gasteiger partial charge in [-0.25, -0.2) is 0 Å². The number of hydrogen-bond donors (Lipinski definition) is 1. The molecule has 5 nitrogen and oxygen atoms in total. The fraction of sp³-hybridized carbons (Fsp3) is 0.867. The summed E-state index contributed by atoms with van der Waals surface area (Å²) >= 11 is 0. The Hall–Kier alpha value is -1.10. The van der Waals surface area contributed by atoms with E-state index in [0.29, 0.717) is 0 Å². The summed E-state index contributed by atoms with van der Waals surface area (Å²) < 4.78 is 0. The van der Waals surface area contributed by atoms with Gasteiger partial charge in [0.05, 0.1) is 5.41 Å². The SMILES string of the molecule is CCC1(C(=O)N2CCCC2C(=O)N(C)C)CCNCC1. The summed E-state index contributed by atoms with van der Waals surface area (Å²) in [4.78, 5) is 28.7. The molecule has 5 heteroatoms. The highest BCUT2D eigenvalue weighted by molar-refractivity contribution is 5.90. The zero-order valence-electron chi connectivity index (χ0n) is 12.9. The molecular weight excluding hydrogens is 254 g/mol. The topological polar surface area (TPSA) is 52.7 Å². The second-order valence-corrected chi connectivity index (χ2v) is 6.27. The largest absolute Gasteiger partial charge is 0.347 e. The Balaban J connectivity index is 2.16. The van der Waals surface area contributed by atoms with Gasteiger partial charge in [-0.05, 0) is 45.2 Å². The molecule has 0 aliphatic carbocycles. The van der Waals surface area contributed by atoms with Crippen LogP contribution in [0.3, 0.4) is 0 Å². The van der Waals surface area contributed by atoms with Crippen LogP contribution in [0.2, 0.25) is 0 Å². The number of piperidine rings is 1. The van der Waals surface area contributed by atoms with Crippen LogP contribution in [0.1, 0.15) is 39.0 Å². The summed E-state index contributed by atoms with van der Waals surface area (Å²) in [5.74, 6) is 0.273. The van der Waals surface area contributed by atoms with Crippen LogP contribution in [0.4, 0.5) is 0 Å². The lowest BCUT2D eigenvalue weighted by Crippen LogP contribution is -2.53. The smallest absolute Gasteiger partial charge is 0.244 e. The van der Waals surface area contributed by atoms with Gasteiger partial charge in [0.2, 0.25) is 11.8 Å². The minimum Gasteiger partial charge on any atom is -0.347 e. The Morgan fingerprint density at radius 1 is 1.30 bits per heavy atom. The molecule has 0 radical (unpaired) electrons. The van der Waals surface area contributed by atoms with Gasteiger partial charge in [0, 0.05) is 20.6 Å². The third-order valence-corrected chi connectivity index (χ3v) is 4.93. The number of hydrogen-bond acceptors (Lipinski definition) is 3. The third kappa shape index (κ3) is 2.68. The van der Waals surface area contributed by atoms with Crippen molar-refractivity contribution in [3.05, 3.63) is 0 Å². The van der Waals surface area contributed by atoms with E-state index in [9.17, 15) is 9.59 Å². The van der Waals surface area contributed by atoms with Crippen molar-refractivity contribution in [1.82, 2.24) is 15.1 Å². The maximum absolute atomic E-state index is 13.0. The van der Waals surface area contributed by atoms with Gasteiger partial charge in [-0.15, -0.1) is 0 Å². The van der Waals surface area contributed by atoms with Crippen LogP contribution in [-0.2, 0) is 9.59 Å². The number of amides is 2. The molecule has 20 heavy (non-hydrogen) atoms. The molecule has 2 amide bonds. The number of nitrogens with zero attached hydrogens (tertiary/aromatic N) is 2. The first kappa shape index (κ1) is 15.3. The number of carbonyl (C=O) groups is 2. The van der Waals surface area contributed by atoms with Crippen LogP contribution < -0.4 is 5.32 Å². The predicted octanol–water partition coefficient (Wildman–Crippen LogP) is 0.845. The number of nitrogens with one attached hydrogen (secondary N) is 1. The van der Waals surface area contributed by atoms with Crippen LogP contribution in [0.5, 0.6) is 0 Å². The first-order valence-electron chi connectivity index (χ1n) is 7.75. The zero-order valence-corrected chi connectivity index (χ0v) is 12.9. The van der Waals surface area contributed by atoms with Crippen molar-refractivity contribution >= 4 is 11.8 Å². The highest BCUT2D eigenvalue weighted by Crippen LogP contribution is 2.37. The standard InChI is InChI=1S/C15H27N3O2/c1-4-15(7-9-16-10-8-15)14(20)18-11-5-6-12(18)13(19)17(2)3/h12,16H,4-11H2,1-3H3. The average molecular weight is 281 g/mol. The van der Waals surface area contributed by atoms with Gasteiger partial charge in [-0.2, -0.15) is 0 Å². The molecule has 1 atom stereocenters. The molecule has 2 aliphatic heterocycles. The Morgan fingerprint density at radius 3 is 2.50 bits per heavy atom. The molecule has 0 bridgehead atoms. The molecule has 2 fully saturated rings. The van der Waals surface area contributed by atoms with Gasteiger partial charge >= 0.3 is 0 Å². The van der Waals surface area contributed by atoms with E-state index in [4.69, 9.17) is 0 Å². The molecule has 1 N–H and O–H groups in total. The van der Waals surface area contributed by atoms with Crippen molar-refractivity contribution in [3.8, 4) is 0 Å². The molecule has 2 aliphatic rings. The molecule has 0 spiro atoms. The molecule has 2 rings (SSSR count). The van der Waals surface area contributed by atoms with E-state index in [-0.39, 0.29) is 23.3 Å². The molecular formula is C15H27N3O2. The number of carbonyl (C=O) groups excluding carboxylic acids is 2. The summed E-state index contributed by atoms with van der Waals surface area (Å²) in [6.45, 7) is 4.64. The first-order valence-corrected chi connectivity index (χ1v) is 7.75. The van der Waals surface area contributed by atoms with Gasteiger partial charge in [0.1, 0.15) is 6.04 Å². The predicted molar refractivity (Wildman–Crippen MR) is 78.3 cm³/mol. The molecule has 0 aromatic carbocycles. The van der Waals surface area contributed by atoms with Gasteiger partial charge in [-0.1, -0.05) is 6.92 Å². The second kappa shape index (κ2) is 6.12. The van der Waals surface area contributed by atoms with Crippen molar-refractivity contribution in [2.24, 2.45) is 5.41 Å². The summed E-state index contributed by atoms with van der Waals surface area (Å²) in [7, 11) is 3.53. The highest BCUT2D eigenvalue weighted by atomic mass is 16.2. The minimum atomic E-state index is -0.250. The van der Waals surface area contributed by atoms with E-state index < -0.39 is 0 Å². The maximum Gasteiger partial charge on any atom is 0.244 e. The monoisotopic (exact) mass is 281 g/mol. The molecule has 2 heterocycles. The Morgan fingerprint density at radius 2 is 1.95 bits per heavy atom. The van der Waals surface area contributed by atoms with Crippen molar-refractivity contribution in [1.29, 1.82) is 0 Å². The van der Waals surface area contributed by atoms with Gasteiger partial charge in [0.25, 0.3) is 0 Å². The highest BCUT2D eigenvalue weighted by Gasteiger charge is 2.45. The average Bonchev–Trinajstić information content (AvgIpc) is 2.95. The Labute approximate surface area is 121 Å². The lowest BCUT2D eigenvalue weighted by Gasteiger charge is -2.40. The van der Waals surface area contributed by atoms with E-state index in [1.54, 1.807) is 19.0 Å². The third-order valence-electron chi connectivity index (χ3n) is 4.93. The van der Waals surface area contributed by atoms with Crippen LogP contribution >= 0.6 is 0 Å². The maximum atomic E-state index is 13.0. The quantitative estimate of drug-likeness (QED) is 0.834. The van der Waals surface area contributed by atoms with Crippen molar-refractivity contribution in [3.63, 3.8) is 0 Å². The molecule has 0 aromatic heterocycles. The van der Waals surface area contributed by atoms with Crippen LogP contribution in [0.15, 0.2) is 0 Å². The van der Waals surface area contributed by atoms with Gasteiger partial charge in [0.15, 0.2) is 0 Å². The van der Waals surface area contributed by atoms with Gasteiger partial charge < -0.3 is 15.1 Å². The van der Waals surface area contributed by atoms with Crippen molar-refractivity contribution < 1.29 is 9.59 Å². The summed E-state index contributed by atoms with van der Waals surface area (Å²) in [5, 5.41) is 3.33. The number of likely N-dealkylation sites (N-methyl/N-ethyl adjacent to an activating group) is 1. The lowest BCUT2D eigenvalue weighted by atomic mass is 9.75. The van der Waals surface area contributed by atoms with E-state index >= 15 is 0 Å². The first-order chi connectivity index (χ1) is 9.52. The van der Waals surface area contributed by atoms with E-state index in [1.807, 2.05) is 4.90 Å². The molecule has 1 unspecified atom stereocenters. The van der Waals surface area contributed by atoms with Crippen LogP contribution in [0, 0.1) is 5.41 Å². The van der Waals surface area contributed by atoms with Gasteiger partial charge in [-0.3, -0.25) is 9.59 Å². The molecule has 114 valence electrons. The van der Waals surface area contributed by atoms with E-state index in [0.717, 1.165) is 51.7 Å². The summed E-state index contributed by atoms with van der Waals surface area (Å²) in [5.41, 5.74) is -0.250. The number of likely N-dealkylation sites (tertiary alicyclic amines) is 1. The Bertz CT molecular complexity index is 375. The fourth-order valence-corrected chi connectivity index (χ4v) is 3.49. The zero-order chi connectivity index (χ0) is 14.8. The fourth-order valence-electron chi connectivity index (χ4n) is 3.49. The number of rotatable bonds is 3. The van der Waals surface area contributed by atoms with E-state index in [1.165, 1.54) is 0 Å². The summed E-state index contributed by atoms with van der Waals surface area (Å²) in [6, 6.07) is -0.240. The van der Waals surface area contributed by atoms with Crippen molar-refractivity contribution in [2.75, 3.05) is 33.7 Å². The minimum absolute atomic E-state index is 0.0658. The second-order valence-electron chi connectivity index (χ2n) is 6.27. The van der Waals surface area contributed by atoms with Crippen molar-refractivity contribution in [2.45, 2.75) is 45.1 Å².